The van der Waals surface area contributed by atoms with Crippen LogP contribution < -0.4 is 26.0 Å². The van der Waals surface area contributed by atoms with Crippen molar-refractivity contribution in [1.29, 1.82) is 0 Å². The highest BCUT2D eigenvalue weighted by Gasteiger charge is 2.21. The first-order chi connectivity index (χ1) is 14.8. The van der Waals surface area contributed by atoms with E-state index in [4.69, 9.17) is 9.47 Å². The maximum Gasteiger partial charge on any atom is 0.132 e. The molecular formula is C24H34N4O2. The Hall–Kier alpha value is -2.12. The molecule has 0 amide bonds. The minimum atomic E-state index is 0.0819. The number of hydrogen-bond donors (Lipinski definition) is 4. The number of hydrogen-bond acceptors (Lipinski definition) is 6. The van der Waals surface area contributed by atoms with E-state index in [-0.39, 0.29) is 6.29 Å². The Morgan fingerprint density at radius 2 is 1.80 bits per heavy atom. The average molecular weight is 411 g/mol. The molecule has 0 saturated carbocycles. The van der Waals surface area contributed by atoms with Crippen LogP contribution in [0.2, 0.25) is 0 Å². The van der Waals surface area contributed by atoms with Crippen LogP contribution in [0.25, 0.3) is 0 Å². The summed E-state index contributed by atoms with van der Waals surface area (Å²) in [5, 5.41) is 14.1. The summed E-state index contributed by atoms with van der Waals surface area (Å²) in [7, 11) is 1.70. The first-order valence-electron chi connectivity index (χ1n) is 11.1. The van der Waals surface area contributed by atoms with Gasteiger partial charge in [0.25, 0.3) is 0 Å². The Balaban J connectivity index is 1.16. The molecule has 0 aromatic heterocycles. The van der Waals surface area contributed by atoms with Crippen LogP contribution in [0.5, 0.6) is 5.75 Å². The third-order valence-electron chi connectivity index (χ3n) is 5.98. The van der Waals surface area contributed by atoms with Crippen molar-refractivity contribution in [1.82, 2.24) is 16.0 Å². The number of methoxy groups -OCH3 is 1. The molecule has 6 nitrogen and oxygen atoms in total. The lowest BCUT2D eigenvalue weighted by molar-refractivity contribution is 0.110. The van der Waals surface area contributed by atoms with Crippen LogP contribution in [0.15, 0.2) is 48.5 Å². The number of rotatable bonds is 9. The van der Waals surface area contributed by atoms with Crippen molar-refractivity contribution in [3.05, 3.63) is 59.7 Å². The lowest BCUT2D eigenvalue weighted by atomic mass is 9.97. The molecule has 2 heterocycles. The first kappa shape index (κ1) is 21.1. The van der Waals surface area contributed by atoms with E-state index in [1.165, 1.54) is 24.0 Å². The van der Waals surface area contributed by atoms with Gasteiger partial charge in [0.2, 0.25) is 0 Å². The van der Waals surface area contributed by atoms with E-state index in [2.05, 4.69) is 57.7 Å². The molecule has 4 rings (SSSR count). The molecule has 0 radical (unpaired) electrons. The van der Waals surface area contributed by atoms with Gasteiger partial charge >= 0.3 is 0 Å². The zero-order chi connectivity index (χ0) is 20.6. The molecule has 162 valence electrons. The van der Waals surface area contributed by atoms with Crippen LogP contribution in [-0.2, 0) is 11.2 Å². The van der Waals surface area contributed by atoms with E-state index in [0.717, 1.165) is 50.6 Å². The van der Waals surface area contributed by atoms with Crippen LogP contribution in [0.3, 0.4) is 0 Å². The van der Waals surface area contributed by atoms with Gasteiger partial charge in [0, 0.05) is 37.8 Å². The Morgan fingerprint density at radius 1 is 1.03 bits per heavy atom. The highest BCUT2D eigenvalue weighted by Crippen LogP contribution is 2.21. The fourth-order valence-corrected chi connectivity index (χ4v) is 4.11. The van der Waals surface area contributed by atoms with Crippen LogP contribution in [-0.4, -0.2) is 52.3 Å². The molecule has 1 unspecified atom stereocenters. The standard InChI is InChI=1S/C24H34N4O2/c1-29-22-10-6-19(7-11-22)20-15-26-24(27-16-20)28-21-8-4-18(5-9-21)12-13-25-17-23-3-2-14-30-23/h4-11,20,23-28H,2-3,12-17H2,1H3. The van der Waals surface area contributed by atoms with Gasteiger partial charge in [-0.1, -0.05) is 24.3 Å². The minimum absolute atomic E-state index is 0.0819. The summed E-state index contributed by atoms with van der Waals surface area (Å²) < 4.78 is 10.9. The third-order valence-corrected chi connectivity index (χ3v) is 5.98. The molecule has 4 N–H and O–H groups in total. The summed E-state index contributed by atoms with van der Waals surface area (Å²) in [5.41, 5.74) is 3.80. The highest BCUT2D eigenvalue weighted by atomic mass is 16.5. The van der Waals surface area contributed by atoms with Crippen molar-refractivity contribution in [2.75, 3.05) is 45.2 Å². The second kappa shape index (κ2) is 10.8. The molecule has 2 saturated heterocycles. The summed E-state index contributed by atoms with van der Waals surface area (Å²) in [4.78, 5) is 0. The Kier molecular flexibility index (Phi) is 7.59. The van der Waals surface area contributed by atoms with Gasteiger partial charge < -0.3 is 20.1 Å². The monoisotopic (exact) mass is 410 g/mol. The van der Waals surface area contributed by atoms with E-state index < -0.39 is 0 Å². The first-order valence-corrected chi connectivity index (χ1v) is 11.1. The van der Waals surface area contributed by atoms with E-state index in [1.54, 1.807) is 7.11 Å². The fraction of sp³-hybridized carbons (Fsp3) is 0.500. The molecule has 0 bridgehead atoms. The predicted molar refractivity (Wildman–Crippen MR) is 121 cm³/mol. The van der Waals surface area contributed by atoms with Gasteiger partial charge in [-0.3, -0.25) is 10.6 Å². The van der Waals surface area contributed by atoms with E-state index in [0.29, 0.717) is 12.0 Å². The molecule has 30 heavy (non-hydrogen) atoms. The SMILES string of the molecule is COc1ccc(C2CNC(Nc3ccc(CCNCC4CCCO4)cc3)NC2)cc1. The molecule has 2 aliphatic heterocycles. The van der Waals surface area contributed by atoms with Crippen molar-refractivity contribution in [2.45, 2.75) is 37.6 Å². The van der Waals surface area contributed by atoms with Crippen molar-refractivity contribution < 1.29 is 9.47 Å². The summed E-state index contributed by atoms with van der Waals surface area (Å²) in [6.45, 7) is 4.76. The Morgan fingerprint density at radius 3 is 2.47 bits per heavy atom. The van der Waals surface area contributed by atoms with Crippen LogP contribution in [0.4, 0.5) is 5.69 Å². The topological polar surface area (TPSA) is 66.6 Å². The fourth-order valence-electron chi connectivity index (χ4n) is 4.11. The van der Waals surface area contributed by atoms with Crippen molar-refractivity contribution in [3.8, 4) is 5.75 Å². The van der Waals surface area contributed by atoms with Gasteiger partial charge in [0.05, 0.1) is 13.2 Å². The quantitative estimate of drug-likeness (QED) is 0.477. The van der Waals surface area contributed by atoms with Crippen LogP contribution >= 0.6 is 0 Å². The van der Waals surface area contributed by atoms with Crippen LogP contribution in [0.1, 0.15) is 29.9 Å². The van der Waals surface area contributed by atoms with Crippen LogP contribution in [0, 0.1) is 0 Å². The van der Waals surface area contributed by atoms with E-state index in [9.17, 15) is 0 Å². The molecule has 1 atom stereocenters. The molecular weight excluding hydrogens is 376 g/mol. The number of benzene rings is 2. The molecule has 2 aliphatic rings. The maximum absolute atomic E-state index is 5.65. The molecule has 6 heteroatoms. The molecule has 2 fully saturated rings. The minimum Gasteiger partial charge on any atom is -0.497 e. The zero-order valence-electron chi connectivity index (χ0n) is 17.8. The van der Waals surface area contributed by atoms with Crippen molar-refractivity contribution in [2.24, 2.45) is 0 Å². The zero-order valence-corrected chi connectivity index (χ0v) is 17.8. The van der Waals surface area contributed by atoms with Gasteiger partial charge in [0.15, 0.2) is 0 Å². The van der Waals surface area contributed by atoms with Gasteiger partial charge in [-0.2, -0.15) is 0 Å². The van der Waals surface area contributed by atoms with Crippen molar-refractivity contribution >= 4 is 5.69 Å². The summed E-state index contributed by atoms with van der Waals surface area (Å²) in [5.74, 6) is 1.36. The summed E-state index contributed by atoms with van der Waals surface area (Å²) >= 11 is 0. The van der Waals surface area contributed by atoms with Gasteiger partial charge in [-0.25, -0.2) is 0 Å². The molecule has 2 aromatic carbocycles. The third kappa shape index (κ3) is 5.95. The maximum atomic E-state index is 5.65. The largest absolute Gasteiger partial charge is 0.497 e. The molecule has 2 aromatic rings. The lowest BCUT2D eigenvalue weighted by Gasteiger charge is -2.32. The molecule has 0 aliphatic carbocycles. The van der Waals surface area contributed by atoms with E-state index >= 15 is 0 Å². The van der Waals surface area contributed by atoms with Crippen molar-refractivity contribution in [3.63, 3.8) is 0 Å². The number of ether oxygens (including phenoxy) is 2. The highest BCUT2D eigenvalue weighted by molar-refractivity contribution is 5.45. The predicted octanol–water partition coefficient (Wildman–Crippen LogP) is 2.68. The Bertz CT molecular complexity index is 752. The average Bonchev–Trinajstić information content (AvgIpc) is 3.32. The second-order valence-corrected chi connectivity index (χ2v) is 8.15. The smallest absolute Gasteiger partial charge is 0.132 e. The number of nitrogens with one attached hydrogen (secondary N) is 4. The number of anilines is 1. The second-order valence-electron chi connectivity index (χ2n) is 8.15. The Labute approximate surface area is 179 Å². The van der Waals surface area contributed by atoms with Gasteiger partial charge in [-0.05, 0) is 61.2 Å². The summed E-state index contributed by atoms with van der Waals surface area (Å²) in [6, 6.07) is 17.1. The lowest BCUT2D eigenvalue weighted by Crippen LogP contribution is -2.55. The van der Waals surface area contributed by atoms with Gasteiger partial charge in [-0.15, -0.1) is 0 Å². The summed E-state index contributed by atoms with van der Waals surface area (Å²) in [6.07, 6.45) is 3.93. The molecule has 0 spiro atoms. The van der Waals surface area contributed by atoms with Gasteiger partial charge in [0.1, 0.15) is 12.0 Å². The normalized spacial score (nSPS) is 24.0. The van der Waals surface area contributed by atoms with E-state index in [1.807, 2.05) is 12.1 Å².